The van der Waals surface area contributed by atoms with Gasteiger partial charge in [0, 0.05) is 31.9 Å². The smallest absolute Gasteiger partial charge is 0.429 e. The van der Waals surface area contributed by atoms with Gasteiger partial charge in [0.1, 0.15) is 5.60 Å². The highest BCUT2D eigenvalue weighted by Gasteiger charge is 2.24. The molecule has 4 N–H and O–H groups in total. The molecule has 7 nitrogen and oxygen atoms in total. The summed E-state index contributed by atoms with van der Waals surface area (Å²) in [5.74, 6) is 5.94. The Morgan fingerprint density at radius 2 is 1.88 bits per heavy atom. The largest absolute Gasteiger partial charge is 0.442 e. The molecule has 2 rings (SSSR count). The Bertz CT molecular complexity index is 577. The van der Waals surface area contributed by atoms with Gasteiger partial charge in [-0.15, -0.1) is 0 Å². The van der Waals surface area contributed by atoms with Crippen LogP contribution in [0.25, 0.3) is 0 Å². The molecule has 1 aliphatic rings. The highest BCUT2D eigenvalue weighted by Crippen LogP contribution is 2.29. The van der Waals surface area contributed by atoms with Crippen molar-refractivity contribution in [2.45, 2.75) is 33.3 Å². The van der Waals surface area contributed by atoms with E-state index in [4.69, 9.17) is 16.3 Å². The van der Waals surface area contributed by atoms with E-state index in [1.807, 2.05) is 12.1 Å². The lowest BCUT2D eigenvalue weighted by atomic mass is 10.2. The van der Waals surface area contributed by atoms with Crippen molar-refractivity contribution < 1.29 is 9.53 Å². The average molecular weight is 335 g/mol. The number of nitrogens with two attached hydrogens (primary N) is 2. The van der Waals surface area contributed by atoms with Crippen molar-refractivity contribution >= 4 is 23.2 Å². The van der Waals surface area contributed by atoms with Crippen LogP contribution < -0.4 is 21.5 Å². The Balaban J connectivity index is 2.15. The Hall–Kier alpha value is -1.99. The fourth-order valence-corrected chi connectivity index (χ4v) is 2.67. The van der Waals surface area contributed by atoms with Gasteiger partial charge in [0.2, 0.25) is 0 Å². The number of carbonyl (C=O) groups excluding carboxylic acids is 1. The first-order valence-electron chi connectivity index (χ1n) is 8.36. The van der Waals surface area contributed by atoms with Crippen LogP contribution in [0.1, 0.15) is 27.7 Å². The zero-order valence-corrected chi connectivity index (χ0v) is 15.1. The molecule has 0 aromatic heterocycles. The summed E-state index contributed by atoms with van der Waals surface area (Å²) in [6.07, 6.45) is -0.623. The van der Waals surface area contributed by atoms with E-state index in [0.29, 0.717) is 11.4 Å². The molecule has 0 aliphatic carbocycles. The number of likely N-dealkylation sites (N-methyl/N-ethyl adjacent to an activating group) is 1. The summed E-state index contributed by atoms with van der Waals surface area (Å²) < 4.78 is 5.31. The van der Waals surface area contributed by atoms with E-state index in [-0.39, 0.29) is 0 Å². The van der Waals surface area contributed by atoms with Gasteiger partial charge in [-0.2, -0.15) is 0 Å². The second-order valence-electron chi connectivity index (χ2n) is 7.01. The average Bonchev–Trinajstić information content (AvgIpc) is 2.53. The first-order chi connectivity index (χ1) is 11.2. The minimum absolute atomic E-state index is 0.444. The summed E-state index contributed by atoms with van der Waals surface area (Å²) in [5.41, 5.74) is 7.31. The number of hydrazine groups is 1. The Kier molecular flexibility index (Phi) is 5.56. The normalized spacial score (nSPS) is 16.1. The molecule has 1 saturated heterocycles. The highest BCUT2D eigenvalue weighted by atomic mass is 16.6. The zero-order chi connectivity index (χ0) is 17.9. The molecule has 1 amide bonds. The van der Waals surface area contributed by atoms with E-state index in [0.717, 1.165) is 43.4 Å². The van der Waals surface area contributed by atoms with E-state index in [1.165, 1.54) is 0 Å². The minimum Gasteiger partial charge on any atom is -0.442 e. The predicted molar refractivity (Wildman–Crippen MR) is 98.1 cm³/mol. The van der Waals surface area contributed by atoms with Crippen LogP contribution in [-0.2, 0) is 4.74 Å². The Morgan fingerprint density at radius 3 is 2.42 bits per heavy atom. The number of amides is 1. The van der Waals surface area contributed by atoms with Crippen LogP contribution in [0, 0.1) is 0 Å². The summed E-state index contributed by atoms with van der Waals surface area (Å²) in [5, 5.41) is 0.979. The lowest BCUT2D eigenvalue weighted by Crippen LogP contribution is -2.46. The molecule has 1 heterocycles. The molecule has 134 valence electrons. The van der Waals surface area contributed by atoms with E-state index in [9.17, 15) is 4.79 Å². The second-order valence-corrected chi connectivity index (χ2v) is 7.01. The molecule has 1 aromatic rings. The van der Waals surface area contributed by atoms with Crippen LogP contribution >= 0.6 is 0 Å². The number of rotatable bonds is 3. The monoisotopic (exact) mass is 335 g/mol. The number of carbonyl (C=O) groups is 1. The molecular weight excluding hydrogens is 306 g/mol. The van der Waals surface area contributed by atoms with Gasteiger partial charge in [-0.3, -0.25) is 0 Å². The number of piperazine rings is 1. The van der Waals surface area contributed by atoms with Gasteiger partial charge in [-0.05, 0) is 45.5 Å². The van der Waals surface area contributed by atoms with Crippen molar-refractivity contribution in [2.24, 2.45) is 5.84 Å². The molecule has 7 heteroatoms. The molecule has 1 aliphatic heterocycles. The predicted octanol–water partition coefficient (Wildman–Crippen LogP) is 2.03. The number of hydrogen-bond donors (Lipinski definition) is 2. The van der Waals surface area contributed by atoms with Gasteiger partial charge in [0.25, 0.3) is 0 Å². The maximum Gasteiger partial charge on any atom is 0.429 e. The fraction of sp³-hybridized carbons (Fsp3) is 0.588. The van der Waals surface area contributed by atoms with Crippen molar-refractivity contribution in [2.75, 3.05) is 48.4 Å². The van der Waals surface area contributed by atoms with Crippen LogP contribution in [-0.4, -0.2) is 49.3 Å². The van der Waals surface area contributed by atoms with Gasteiger partial charge >= 0.3 is 6.09 Å². The first kappa shape index (κ1) is 18.4. The maximum atomic E-state index is 12.2. The summed E-state index contributed by atoms with van der Waals surface area (Å²) in [6.45, 7) is 12.6. The second kappa shape index (κ2) is 7.27. The van der Waals surface area contributed by atoms with Crippen molar-refractivity contribution in [3.8, 4) is 0 Å². The van der Waals surface area contributed by atoms with Crippen LogP contribution in [0.4, 0.5) is 21.9 Å². The molecule has 0 saturated carbocycles. The van der Waals surface area contributed by atoms with Gasteiger partial charge in [0.15, 0.2) is 0 Å². The third-order valence-corrected chi connectivity index (χ3v) is 4.05. The molecule has 24 heavy (non-hydrogen) atoms. The SMILES string of the molecule is CCN1CCN(c2ccc(N)c(N(N)C(=O)OC(C)(C)C)c2)CC1. The van der Waals surface area contributed by atoms with Gasteiger partial charge < -0.3 is 20.3 Å². The van der Waals surface area contributed by atoms with Crippen molar-refractivity contribution in [1.29, 1.82) is 0 Å². The fourth-order valence-electron chi connectivity index (χ4n) is 2.67. The lowest BCUT2D eigenvalue weighted by Gasteiger charge is -2.36. The van der Waals surface area contributed by atoms with Crippen LogP contribution in [0.15, 0.2) is 18.2 Å². The van der Waals surface area contributed by atoms with Crippen LogP contribution in [0.2, 0.25) is 0 Å². The van der Waals surface area contributed by atoms with E-state index < -0.39 is 11.7 Å². The Morgan fingerprint density at radius 1 is 1.25 bits per heavy atom. The van der Waals surface area contributed by atoms with Crippen LogP contribution in [0.3, 0.4) is 0 Å². The topological polar surface area (TPSA) is 88.1 Å². The van der Waals surface area contributed by atoms with Gasteiger partial charge in [-0.1, -0.05) is 6.92 Å². The van der Waals surface area contributed by atoms with Crippen LogP contribution in [0.5, 0.6) is 0 Å². The number of benzene rings is 1. The minimum atomic E-state index is -0.623. The molecule has 0 spiro atoms. The third-order valence-electron chi connectivity index (χ3n) is 4.05. The molecule has 0 unspecified atom stereocenters. The molecule has 1 fully saturated rings. The maximum absolute atomic E-state index is 12.2. The molecule has 0 atom stereocenters. The highest BCUT2D eigenvalue weighted by molar-refractivity contribution is 5.91. The number of hydrogen-bond acceptors (Lipinski definition) is 6. The summed E-state index contributed by atoms with van der Waals surface area (Å²) in [7, 11) is 0. The van der Waals surface area contributed by atoms with Crippen molar-refractivity contribution in [3.05, 3.63) is 18.2 Å². The number of nitrogens with zero attached hydrogens (tertiary/aromatic N) is 3. The summed E-state index contributed by atoms with van der Waals surface area (Å²) in [6, 6.07) is 5.59. The van der Waals surface area contributed by atoms with E-state index >= 15 is 0 Å². The first-order valence-corrected chi connectivity index (χ1v) is 8.36. The summed E-state index contributed by atoms with van der Waals surface area (Å²) >= 11 is 0. The molecule has 0 bridgehead atoms. The number of anilines is 3. The van der Waals surface area contributed by atoms with Gasteiger partial charge in [-0.25, -0.2) is 15.6 Å². The number of nitrogen functional groups attached to an aromatic ring is 1. The molecule has 0 radical (unpaired) electrons. The summed E-state index contributed by atoms with van der Waals surface area (Å²) in [4.78, 5) is 16.9. The number of ether oxygens (including phenoxy) is 1. The molecular formula is C17H29N5O2. The van der Waals surface area contributed by atoms with Crippen molar-refractivity contribution in [1.82, 2.24) is 4.90 Å². The Labute approximate surface area is 144 Å². The quantitative estimate of drug-likeness (QED) is 0.380. The van der Waals surface area contributed by atoms with E-state index in [1.54, 1.807) is 26.8 Å². The lowest BCUT2D eigenvalue weighted by molar-refractivity contribution is 0.0580. The van der Waals surface area contributed by atoms with E-state index in [2.05, 4.69) is 16.7 Å². The molecule has 1 aromatic carbocycles. The van der Waals surface area contributed by atoms with Crippen molar-refractivity contribution in [3.63, 3.8) is 0 Å². The zero-order valence-electron chi connectivity index (χ0n) is 15.1. The van der Waals surface area contributed by atoms with Gasteiger partial charge in [0.05, 0.1) is 11.4 Å². The standard InChI is InChI=1S/C17H29N5O2/c1-5-20-8-10-21(11-9-20)13-6-7-14(18)15(12-13)22(19)16(23)24-17(2,3)4/h6-7,12H,5,8-11,18-19H2,1-4H3. The third kappa shape index (κ3) is 4.52.